The second-order valence-corrected chi connectivity index (χ2v) is 6.63. The standard InChI is InChI=1S/C20H18N2O4/c21-19(25)20(10-1-11-20)16-17(12-2-6-14(23)7-3-12)22-26-18(16)13-4-8-15(24)9-5-13/h2-9,23-24H,1,10-11H2,(H2,21,25). The van der Waals surface area contributed by atoms with Crippen LogP contribution in [0.1, 0.15) is 24.8 Å². The van der Waals surface area contributed by atoms with Gasteiger partial charge in [-0.15, -0.1) is 0 Å². The molecule has 0 radical (unpaired) electrons. The van der Waals surface area contributed by atoms with Gasteiger partial charge in [-0.05, 0) is 61.4 Å². The fourth-order valence-corrected chi connectivity index (χ4v) is 3.51. The molecule has 1 heterocycles. The monoisotopic (exact) mass is 350 g/mol. The maximum atomic E-state index is 12.4. The molecule has 26 heavy (non-hydrogen) atoms. The molecule has 4 rings (SSSR count). The van der Waals surface area contributed by atoms with Gasteiger partial charge in [-0.3, -0.25) is 4.79 Å². The van der Waals surface area contributed by atoms with Crippen molar-refractivity contribution < 1.29 is 19.5 Å². The average molecular weight is 350 g/mol. The van der Waals surface area contributed by atoms with Gasteiger partial charge in [-0.2, -0.15) is 0 Å². The molecule has 6 heteroatoms. The molecular weight excluding hydrogens is 332 g/mol. The Labute approximate surface area is 149 Å². The predicted molar refractivity (Wildman–Crippen MR) is 95.4 cm³/mol. The van der Waals surface area contributed by atoms with Crippen LogP contribution in [0.5, 0.6) is 11.5 Å². The molecule has 132 valence electrons. The Morgan fingerprint density at radius 3 is 1.96 bits per heavy atom. The van der Waals surface area contributed by atoms with Gasteiger partial charge in [0.2, 0.25) is 5.91 Å². The third-order valence-electron chi connectivity index (χ3n) is 5.12. The molecule has 1 fully saturated rings. The molecule has 0 aliphatic heterocycles. The number of aromatic hydroxyl groups is 2. The Bertz CT molecular complexity index is 891. The highest BCUT2D eigenvalue weighted by molar-refractivity contribution is 5.93. The number of aromatic nitrogens is 1. The van der Waals surface area contributed by atoms with E-state index in [-0.39, 0.29) is 11.5 Å². The molecule has 2 aromatic carbocycles. The Balaban J connectivity index is 1.94. The molecule has 0 saturated heterocycles. The van der Waals surface area contributed by atoms with E-state index in [2.05, 4.69) is 5.16 Å². The van der Waals surface area contributed by atoms with Crippen LogP contribution in [0.3, 0.4) is 0 Å². The van der Waals surface area contributed by atoms with Crippen molar-refractivity contribution in [3.05, 3.63) is 54.1 Å². The topological polar surface area (TPSA) is 110 Å². The number of carbonyl (C=O) groups is 1. The Kier molecular flexibility index (Phi) is 3.68. The summed E-state index contributed by atoms with van der Waals surface area (Å²) in [5.74, 6) is 0.367. The quantitative estimate of drug-likeness (QED) is 0.668. The second-order valence-electron chi connectivity index (χ2n) is 6.63. The van der Waals surface area contributed by atoms with E-state index in [1.54, 1.807) is 48.5 Å². The zero-order valence-corrected chi connectivity index (χ0v) is 14.0. The lowest BCUT2D eigenvalue weighted by atomic mass is 9.62. The third kappa shape index (κ3) is 2.42. The molecule has 1 amide bonds. The van der Waals surface area contributed by atoms with E-state index in [1.165, 1.54) is 0 Å². The van der Waals surface area contributed by atoms with Gasteiger partial charge in [-0.25, -0.2) is 0 Å². The van der Waals surface area contributed by atoms with Crippen molar-refractivity contribution in [2.45, 2.75) is 24.7 Å². The van der Waals surface area contributed by atoms with Crippen LogP contribution in [-0.4, -0.2) is 21.3 Å². The lowest BCUT2D eigenvalue weighted by Gasteiger charge is -2.39. The molecule has 4 N–H and O–H groups in total. The smallest absolute Gasteiger partial charge is 0.228 e. The Hall–Kier alpha value is -3.28. The molecular formula is C20H18N2O4. The number of hydrogen-bond acceptors (Lipinski definition) is 5. The van der Waals surface area contributed by atoms with Crippen molar-refractivity contribution in [1.29, 1.82) is 0 Å². The Morgan fingerprint density at radius 1 is 0.962 bits per heavy atom. The van der Waals surface area contributed by atoms with Gasteiger partial charge in [-0.1, -0.05) is 11.6 Å². The maximum absolute atomic E-state index is 12.4. The zero-order chi connectivity index (χ0) is 18.3. The number of nitrogens with two attached hydrogens (primary N) is 1. The molecule has 1 saturated carbocycles. The second kappa shape index (κ2) is 5.91. The van der Waals surface area contributed by atoms with Crippen LogP contribution in [0.2, 0.25) is 0 Å². The number of nitrogens with zero attached hydrogens (tertiary/aromatic N) is 1. The first kappa shape index (κ1) is 16.2. The number of rotatable bonds is 4. The summed E-state index contributed by atoms with van der Waals surface area (Å²) in [7, 11) is 0. The highest BCUT2D eigenvalue weighted by atomic mass is 16.5. The van der Waals surface area contributed by atoms with E-state index in [4.69, 9.17) is 10.3 Å². The van der Waals surface area contributed by atoms with E-state index in [1.807, 2.05) is 0 Å². The first-order chi connectivity index (χ1) is 12.5. The van der Waals surface area contributed by atoms with Crippen molar-refractivity contribution in [2.24, 2.45) is 5.73 Å². The maximum Gasteiger partial charge on any atom is 0.228 e. The number of hydrogen-bond donors (Lipinski definition) is 3. The van der Waals surface area contributed by atoms with Gasteiger partial charge in [0.1, 0.15) is 17.2 Å². The van der Waals surface area contributed by atoms with Crippen LogP contribution in [0.4, 0.5) is 0 Å². The van der Waals surface area contributed by atoms with Gasteiger partial charge >= 0.3 is 0 Å². The van der Waals surface area contributed by atoms with Crippen LogP contribution in [0.15, 0.2) is 53.1 Å². The third-order valence-corrected chi connectivity index (χ3v) is 5.12. The highest BCUT2D eigenvalue weighted by Crippen LogP contribution is 2.50. The Morgan fingerprint density at radius 2 is 1.50 bits per heavy atom. The van der Waals surface area contributed by atoms with E-state index < -0.39 is 11.3 Å². The number of amides is 1. The van der Waals surface area contributed by atoms with Crippen LogP contribution in [0.25, 0.3) is 22.6 Å². The highest BCUT2D eigenvalue weighted by Gasteiger charge is 2.49. The van der Waals surface area contributed by atoms with Crippen LogP contribution in [0, 0.1) is 0 Å². The van der Waals surface area contributed by atoms with Gasteiger partial charge in [0.05, 0.1) is 5.41 Å². The minimum atomic E-state index is -0.819. The van der Waals surface area contributed by atoms with Crippen molar-refractivity contribution in [1.82, 2.24) is 5.16 Å². The van der Waals surface area contributed by atoms with Crippen molar-refractivity contribution in [2.75, 3.05) is 0 Å². The van der Waals surface area contributed by atoms with Crippen molar-refractivity contribution in [3.63, 3.8) is 0 Å². The fraction of sp³-hybridized carbons (Fsp3) is 0.200. The molecule has 3 aromatic rings. The minimum absolute atomic E-state index is 0.141. The van der Waals surface area contributed by atoms with Crippen LogP contribution < -0.4 is 5.73 Å². The van der Waals surface area contributed by atoms with Crippen LogP contribution in [-0.2, 0) is 10.2 Å². The van der Waals surface area contributed by atoms with Crippen molar-refractivity contribution in [3.8, 4) is 34.1 Å². The summed E-state index contributed by atoms with van der Waals surface area (Å²) >= 11 is 0. The van der Waals surface area contributed by atoms with Crippen molar-refractivity contribution >= 4 is 5.91 Å². The first-order valence-corrected chi connectivity index (χ1v) is 8.40. The normalized spacial score (nSPS) is 15.4. The molecule has 6 nitrogen and oxygen atoms in total. The first-order valence-electron chi connectivity index (χ1n) is 8.40. The zero-order valence-electron chi connectivity index (χ0n) is 14.0. The summed E-state index contributed by atoms with van der Waals surface area (Å²) < 4.78 is 5.64. The largest absolute Gasteiger partial charge is 0.508 e. The lowest BCUT2D eigenvalue weighted by molar-refractivity contribution is -0.126. The van der Waals surface area contributed by atoms with E-state index in [9.17, 15) is 15.0 Å². The lowest BCUT2D eigenvalue weighted by Crippen LogP contribution is -2.47. The molecule has 0 unspecified atom stereocenters. The molecule has 1 aromatic heterocycles. The number of carbonyl (C=O) groups excluding carboxylic acids is 1. The van der Waals surface area contributed by atoms with Crippen LogP contribution >= 0.6 is 0 Å². The van der Waals surface area contributed by atoms with Gasteiger partial charge in [0.25, 0.3) is 0 Å². The summed E-state index contributed by atoms with van der Waals surface area (Å²) in [5, 5.41) is 23.3. The molecule has 0 spiro atoms. The number of phenolic OH excluding ortho intramolecular Hbond substituents is 2. The summed E-state index contributed by atoms with van der Waals surface area (Å²) in [6.07, 6.45) is 2.18. The molecule has 0 atom stereocenters. The van der Waals surface area contributed by atoms with Gasteiger partial charge < -0.3 is 20.5 Å². The summed E-state index contributed by atoms with van der Waals surface area (Å²) in [6, 6.07) is 13.1. The summed E-state index contributed by atoms with van der Waals surface area (Å²) in [5.41, 5.74) is 7.63. The number of benzene rings is 2. The van der Waals surface area contributed by atoms with E-state index in [0.29, 0.717) is 35.4 Å². The molecule has 1 aliphatic rings. The average Bonchev–Trinajstić information content (AvgIpc) is 3.00. The minimum Gasteiger partial charge on any atom is -0.508 e. The summed E-state index contributed by atoms with van der Waals surface area (Å²) in [4.78, 5) is 12.4. The van der Waals surface area contributed by atoms with E-state index in [0.717, 1.165) is 12.0 Å². The predicted octanol–water partition coefficient (Wildman–Crippen LogP) is 3.33. The van der Waals surface area contributed by atoms with Gasteiger partial charge in [0, 0.05) is 16.7 Å². The SMILES string of the molecule is NC(=O)C1(c2c(-c3ccc(O)cc3)noc2-c2ccc(O)cc2)CCC1. The number of primary amides is 1. The summed E-state index contributed by atoms with van der Waals surface area (Å²) in [6.45, 7) is 0. The molecule has 1 aliphatic carbocycles. The molecule has 0 bridgehead atoms. The van der Waals surface area contributed by atoms with E-state index >= 15 is 0 Å². The van der Waals surface area contributed by atoms with Gasteiger partial charge in [0.15, 0.2) is 5.76 Å². The number of phenols is 2. The fourth-order valence-electron chi connectivity index (χ4n) is 3.51.